The van der Waals surface area contributed by atoms with Crippen molar-refractivity contribution in [3.8, 4) is 0 Å². The summed E-state index contributed by atoms with van der Waals surface area (Å²) in [6.07, 6.45) is 1.69. The number of hydrogen-bond acceptors (Lipinski definition) is 3. The second kappa shape index (κ2) is 5.90. The zero-order valence-corrected chi connectivity index (χ0v) is 12.0. The van der Waals surface area contributed by atoms with Crippen molar-refractivity contribution in [3.05, 3.63) is 57.2 Å². The molecule has 0 atom stereocenters. The maximum Gasteiger partial charge on any atom is 0.251 e. The van der Waals surface area contributed by atoms with E-state index in [-0.39, 0.29) is 5.91 Å². The molecule has 92 valence electrons. The van der Waals surface area contributed by atoms with E-state index < -0.39 is 0 Å². The van der Waals surface area contributed by atoms with E-state index in [0.29, 0.717) is 17.9 Å². The summed E-state index contributed by atoms with van der Waals surface area (Å²) in [4.78, 5) is 20.1. The Balaban J connectivity index is 1.98. The lowest BCUT2D eigenvalue weighted by Gasteiger charge is -2.05. The standard InChI is InChI=1S/C13H12IN3O/c1-9-15-7-6-12(17-9)8-16-13(18)10-2-4-11(14)5-3-10/h2-7H,8H2,1H3,(H,16,18). The second-order valence-electron chi connectivity index (χ2n) is 3.78. The van der Waals surface area contributed by atoms with Crippen LogP contribution in [0.15, 0.2) is 36.5 Å². The van der Waals surface area contributed by atoms with Crippen molar-refractivity contribution in [2.24, 2.45) is 0 Å². The predicted octanol–water partition coefficient (Wildman–Crippen LogP) is 2.32. The largest absolute Gasteiger partial charge is 0.346 e. The molecule has 0 saturated carbocycles. The smallest absolute Gasteiger partial charge is 0.251 e. The summed E-state index contributed by atoms with van der Waals surface area (Å²) < 4.78 is 1.11. The van der Waals surface area contributed by atoms with Crippen molar-refractivity contribution >= 4 is 28.5 Å². The highest BCUT2D eigenvalue weighted by atomic mass is 127. The van der Waals surface area contributed by atoms with E-state index in [4.69, 9.17) is 0 Å². The summed E-state index contributed by atoms with van der Waals surface area (Å²) in [6.45, 7) is 2.23. The number of nitrogens with one attached hydrogen (secondary N) is 1. The van der Waals surface area contributed by atoms with Crippen LogP contribution in [0.5, 0.6) is 0 Å². The molecule has 1 heterocycles. The first-order chi connectivity index (χ1) is 8.65. The first kappa shape index (κ1) is 12.9. The molecule has 0 bridgehead atoms. The second-order valence-corrected chi connectivity index (χ2v) is 5.03. The maximum absolute atomic E-state index is 11.9. The molecule has 0 radical (unpaired) electrons. The molecule has 0 aliphatic rings. The molecule has 2 aromatic rings. The van der Waals surface area contributed by atoms with E-state index in [2.05, 4.69) is 37.9 Å². The van der Waals surface area contributed by atoms with E-state index in [1.165, 1.54) is 0 Å². The molecule has 2 rings (SSSR count). The first-order valence-corrected chi connectivity index (χ1v) is 6.55. The zero-order valence-electron chi connectivity index (χ0n) is 9.85. The third-order valence-corrected chi connectivity index (χ3v) is 3.09. The summed E-state index contributed by atoms with van der Waals surface area (Å²) in [5, 5.41) is 2.83. The summed E-state index contributed by atoms with van der Waals surface area (Å²) >= 11 is 2.21. The van der Waals surface area contributed by atoms with Crippen molar-refractivity contribution < 1.29 is 4.79 Å². The number of nitrogens with zero attached hydrogens (tertiary/aromatic N) is 2. The molecule has 0 saturated heterocycles. The topological polar surface area (TPSA) is 54.9 Å². The molecule has 0 unspecified atom stereocenters. The van der Waals surface area contributed by atoms with Crippen LogP contribution in [-0.2, 0) is 6.54 Å². The Morgan fingerprint density at radius 3 is 2.67 bits per heavy atom. The van der Waals surface area contributed by atoms with Gasteiger partial charge in [0.2, 0.25) is 0 Å². The van der Waals surface area contributed by atoms with Crippen LogP contribution in [0.3, 0.4) is 0 Å². The summed E-state index contributed by atoms with van der Waals surface area (Å²) in [7, 11) is 0. The molecule has 0 spiro atoms. The van der Waals surface area contributed by atoms with Gasteiger partial charge in [-0.2, -0.15) is 0 Å². The van der Waals surface area contributed by atoms with E-state index in [9.17, 15) is 4.79 Å². The number of carbonyl (C=O) groups is 1. The number of benzene rings is 1. The lowest BCUT2D eigenvalue weighted by Crippen LogP contribution is -2.23. The first-order valence-electron chi connectivity index (χ1n) is 5.47. The minimum absolute atomic E-state index is 0.0948. The Morgan fingerprint density at radius 2 is 2.00 bits per heavy atom. The Kier molecular flexibility index (Phi) is 4.24. The van der Waals surface area contributed by atoms with Crippen LogP contribution in [0.2, 0.25) is 0 Å². The van der Waals surface area contributed by atoms with Crippen molar-refractivity contribution in [3.63, 3.8) is 0 Å². The average Bonchev–Trinajstić information content (AvgIpc) is 2.37. The average molecular weight is 353 g/mol. The van der Waals surface area contributed by atoms with E-state index in [0.717, 1.165) is 9.26 Å². The Morgan fingerprint density at radius 1 is 1.28 bits per heavy atom. The lowest BCUT2D eigenvalue weighted by atomic mass is 10.2. The van der Waals surface area contributed by atoms with Gasteiger partial charge in [-0.3, -0.25) is 4.79 Å². The van der Waals surface area contributed by atoms with Crippen LogP contribution < -0.4 is 5.32 Å². The van der Waals surface area contributed by atoms with Crippen LogP contribution >= 0.6 is 22.6 Å². The van der Waals surface area contributed by atoms with Crippen molar-refractivity contribution in [1.82, 2.24) is 15.3 Å². The monoisotopic (exact) mass is 353 g/mol. The minimum atomic E-state index is -0.0948. The summed E-state index contributed by atoms with van der Waals surface area (Å²) in [5.74, 6) is 0.610. The van der Waals surface area contributed by atoms with Gasteiger partial charge in [0.05, 0.1) is 12.2 Å². The SMILES string of the molecule is Cc1nccc(CNC(=O)c2ccc(I)cc2)n1. The number of halogens is 1. The third kappa shape index (κ3) is 3.49. The van der Waals surface area contributed by atoms with Crippen LogP contribution in [0, 0.1) is 10.5 Å². The molecule has 1 aromatic carbocycles. The molecular formula is C13H12IN3O. The normalized spacial score (nSPS) is 10.1. The van der Waals surface area contributed by atoms with Crippen LogP contribution in [-0.4, -0.2) is 15.9 Å². The van der Waals surface area contributed by atoms with Crippen LogP contribution in [0.25, 0.3) is 0 Å². The summed E-state index contributed by atoms with van der Waals surface area (Å²) in [6, 6.07) is 9.22. The van der Waals surface area contributed by atoms with Gasteiger partial charge in [0.15, 0.2) is 0 Å². The van der Waals surface area contributed by atoms with Crippen LogP contribution in [0.1, 0.15) is 21.9 Å². The molecule has 0 fully saturated rings. The molecule has 1 aromatic heterocycles. The van der Waals surface area contributed by atoms with Crippen molar-refractivity contribution in [1.29, 1.82) is 0 Å². The van der Waals surface area contributed by atoms with Gasteiger partial charge in [0, 0.05) is 15.3 Å². The zero-order chi connectivity index (χ0) is 13.0. The fraction of sp³-hybridized carbons (Fsp3) is 0.154. The number of carbonyl (C=O) groups excluding carboxylic acids is 1. The van der Waals surface area contributed by atoms with Crippen molar-refractivity contribution in [2.75, 3.05) is 0 Å². The van der Waals surface area contributed by atoms with Gasteiger partial charge < -0.3 is 5.32 Å². The fourth-order valence-corrected chi connectivity index (χ4v) is 1.84. The Bertz CT molecular complexity index is 554. The van der Waals surface area contributed by atoms with Crippen molar-refractivity contribution in [2.45, 2.75) is 13.5 Å². The van der Waals surface area contributed by atoms with E-state index in [1.54, 1.807) is 12.3 Å². The van der Waals surface area contributed by atoms with E-state index >= 15 is 0 Å². The highest BCUT2D eigenvalue weighted by Crippen LogP contribution is 2.06. The van der Waals surface area contributed by atoms with Gasteiger partial charge in [-0.1, -0.05) is 0 Å². The molecule has 1 amide bonds. The predicted molar refractivity (Wildman–Crippen MR) is 77.1 cm³/mol. The summed E-state index contributed by atoms with van der Waals surface area (Å²) in [5.41, 5.74) is 1.46. The third-order valence-electron chi connectivity index (χ3n) is 2.37. The molecule has 0 aliphatic carbocycles. The number of aromatic nitrogens is 2. The Hall–Kier alpha value is -1.50. The van der Waals surface area contributed by atoms with Gasteiger partial charge in [-0.15, -0.1) is 0 Å². The number of hydrogen-bond donors (Lipinski definition) is 1. The van der Waals surface area contributed by atoms with E-state index in [1.807, 2.05) is 31.2 Å². The van der Waals surface area contributed by atoms with Gasteiger partial charge in [0.25, 0.3) is 5.91 Å². The molecule has 18 heavy (non-hydrogen) atoms. The molecule has 4 nitrogen and oxygen atoms in total. The number of rotatable bonds is 3. The highest BCUT2D eigenvalue weighted by molar-refractivity contribution is 14.1. The van der Waals surface area contributed by atoms with Gasteiger partial charge >= 0.3 is 0 Å². The molecule has 0 aliphatic heterocycles. The highest BCUT2D eigenvalue weighted by Gasteiger charge is 2.05. The number of aryl methyl sites for hydroxylation is 1. The Labute approximate surface area is 119 Å². The maximum atomic E-state index is 11.9. The van der Waals surface area contributed by atoms with Gasteiger partial charge in [-0.05, 0) is 59.8 Å². The van der Waals surface area contributed by atoms with Gasteiger partial charge in [-0.25, -0.2) is 9.97 Å². The molecular weight excluding hydrogens is 341 g/mol. The van der Waals surface area contributed by atoms with Gasteiger partial charge in [0.1, 0.15) is 5.82 Å². The quantitative estimate of drug-likeness (QED) is 0.862. The fourth-order valence-electron chi connectivity index (χ4n) is 1.48. The minimum Gasteiger partial charge on any atom is -0.346 e. The molecule has 1 N–H and O–H groups in total. The molecule has 5 heteroatoms. The number of amides is 1. The lowest BCUT2D eigenvalue weighted by molar-refractivity contribution is 0.0950. The van der Waals surface area contributed by atoms with Crippen LogP contribution in [0.4, 0.5) is 0 Å².